The van der Waals surface area contributed by atoms with Crippen LogP contribution in [-0.2, 0) is 0 Å². The Labute approximate surface area is 74.3 Å². The fraction of sp³-hybridized carbons (Fsp3) is 0.700. The van der Waals surface area contributed by atoms with Crippen LogP contribution in [-0.4, -0.2) is 12.6 Å². The van der Waals surface area contributed by atoms with E-state index in [0.717, 1.165) is 6.54 Å². The van der Waals surface area contributed by atoms with Gasteiger partial charge in [-0.15, -0.1) is 6.58 Å². The second-order valence-electron chi connectivity index (χ2n) is 3.74. The van der Waals surface area contributed by atoms with Crippen molar-refractivity contribution in [2.45, 2.75) is 32.2 Å². The van der Waals surface area contributed by atoms with Gasteiger partial charge >= 0.3 is 0 Å². The first-order valence-electron chi connectivity index (χ1n) is 4.45. The summed E-state index contributed by atoms with van der Waals surface area (Å²) in [5.74, 6) is 0. The second kappa shape index (κ2) is 3.73. The van der Waals surface area contributed by atoms with Gasteiger partial charge in [0, 0.05) is 19.0 Å². The zero-order valence-corrected chi connectivity index (χ0v) is 7.64. The Morgan fingerprint density at radius 2 is 2.42 bits per heavy atom. The Hall–Kier alpha value is -0.810. The number of hydrogen-bond acceptors (Lipinski definition) is 2. The van der Waals surface area contributed by atoms with Crippen LogP contribution >= 0.6 is 0 Å². The molecule has 1 atom stereocenters. The van der Waals surface area contributed by atoms with Crippen molar-refractivity contribution in [3.8, 4) is 6.07 Å². The Morgan fingerprint density at radius 3 is 2.83 bits per heavy atom. The van der Waals surface area contributed by atoms with E-state index in [-0.39, 0.29) is 0 Å². The molecule has 0 bridgehead atoms. The molecule has 1 aliphatic carbocycles. The predicted octanol–water partition coefficient (Wildman–Crippen LogP) is 1.84. The highest BCUT2D eigenvalue weighted by molar-refractivity contribution is 5.01. The number of nitrogens with zero attached hydrogens (tertiary/aromatic N) is 1. The smallest absolute Gasteiger partial charge is 0.0628 e. The molecule has 66 valence electrons. The predicted molar refractivity (Wildman–Crippen MR) is 49.6 cm³/mol. The van der Waals surface area contributed by atoms with Crippen LogP contribution in [0, 0.1) is 16.7 Å². The van der Waals surface area contributed by atoms with Crippen molar-refractivity contribution in [3.63, 3.8) is 0 Å². The van der Waals surface area contributed by atoms with E-state index in [9.17, 15) is 0 Å². The van der Waals surface area contributed by atoms with Gasteiger partial charge in [-0.3, -0.25) is 0 Å². The highest BCUT2D eigenvalue weighted by Gasteiger charge is 2.41. The Bertz CT molecular complexity index is 198. The summed E-state index contributed by atoms with van der Waals surface area (Å²) < 4.78 is 0. The van der Waals surface area contributed by atoms with E-state index < -0.39 is 0 Å². The van der Waals surface area contributed by atoms with Crippen LogP contribution in [0.25, 0.3) is 0 Å². The average molecular weight is 164 g/mol. The van der Waals surface area contributed by atoms with E-state index in [1.165, 1.54) is 12.8 Å². The van der Waals surface area contributed by atoms with Crippen molar-refractivity contribution < 1.29 is 0 Å². The van der Waals surface area contributed by atoms with E-state index >= 15 is 0 Å². The summed E-state index contributed by atoms with van der Waals surface area (Å²) in [5, 5.41) is 11.9. The van der Waals surface area contributed by atoms with Gasteiger partial charge in [0.2, 0.25) is 0 Å². The lowest BCUT2D eigenvalue weighted by Crippen LogP contribution is -2.30. The van der Waals surface area contributed by atoms with E-state index in [1.807, 2.05) is 6.08 Å². The SMILES string of the molecule is C=CC(C)NCC1(CC#N)CC1. The van der Waals surface area contributed by atoms with E-state index in [4.69, 9.17) is 5.26 Å². The number of nitriles is 1. The highest BCUT2D eigenvalue weighted by atomic mass is 14.9. The summed E-state index contributed by atoms with van der Waals surface area (Å²) in [4.78, 5) is 0. The maximum absolute atomic E-state index is 8.57. The number of hydrogen-bond donors (Lipinski definition) is 1. The highest BCUT2D eigenvalue weighted by Crippen LogP contribution is 2.47. The summed E-state index contributed by atoms with van der Waals surface area (Å²) in [5.41, 5.74) is 0.312. The van der Waals surface area contributed by atoms with Crippen molar-refractivity contribution in [1.82, 2.24) is 5.32 Å². The fourth-order valence-electron chi connectivity index (χ4n) is 1.22. The first kappa shape index (κ1) is 9.28. The van der Waals surface area contributed by atoms with Gasteiger partial charge in [-0.05, 0) is 25.2 Å². The first-order chi connectivity index (χ1) is 5.72. The lowest BCUT2D eigenvalue weighted by atomic mass is 10.0. The molecule has 0 aliphatic heterocycles. The molecule has 0 amide bonds. The second-order valence-corrected chi connectivity index (χ2v) is 3.74. The quantitative estimate of drug-likeness (QED) is 0.629. The molecule has 0 radical (unpaired) electrons. The monoisotopic (exact) mass is 164 g/mol. The van der Waals surface area contributed by atoms with Gasteiger partial charge in [-0.1, -0.05) is 6.08 Å². The Balaban J connectivity index is 2.23. The molecule has 0 saturated heterocycles. The van der Waals surface area contributed by atoms with E-state index in [1.54, 1.807) is 0 Å². The van der Waals surface area contributed by atoms with Gasteiger partial charge in [0.25, 0.3) is 0 Å². The molecule has 1 aliphatic rings. The van der Waals surface area contributed by atoms with Crippen LogP contribution in [0.4, 0.5) is 0 Å². The molecule has 0 heterocycles. The van der Waals surface area contributed by atoms with Gasteiger partial charge in [0.15, 0.2) is 0 Å². The summed E-state index contributed by atoms with van der Waals surface area (Å²) in [6.45, 7) is 6.75. The Kier molecular flexibility index (Phi) is 2.88. The van der Waals surface area contributed by atoms with Gasteiger partial charge in [-0.25, -0.2) is 0 Å². The van der Waals surface area contributed by atoms with Crippen LogP contribution in [0.3, 0.4) is 0 Å². The topological polar surface area (TPSA) is 35.8 Å². The van der Waals surface area contributed by atoms with Crippen molar-refractivity contribution in [3.05, 3.63) is 12.7 Å². The molecule has 0 spiro atoms. The van der Waals surface area contributed by atoms with Crippen molar-refractivity contribution >= 4 is 0 Å². The third-order valence-electron chi connectivity index (χ3n) is 2.56. The minimum atomic E-state index is 0.312. The van der Waals surface area contributed by atoms with Crippen LogP contribution in [0.5, 0.6) is 0 Å². The summed E-state index contributed by atoms with van der Waals surface area (Å²) in [6, 6.07) is 2.61. The Morgan fingerprint density at radius 1 is 1.75 bits per heavy atom. The molecule has 0 aromatic carbocycles. The van der Waals surface area contributed by atoms with Gasteiger partial charge in [-0.2, -0.15) is 5.26 Å². The van der Waals surface area contributed by atoms with Crippen LogP contribution in [0.1, 0.15) is 26.2 Å². The van der Waals surface area contributed by atoms with Gasteiger partial charge in [0.05, 0.1) is 6.07 Å². The summed E-state index contributed by atoms with van der Waals surface area (Å²) in [7, 11) is 0. The van der Waals surface area contributed by atoms with E-state index in [2.05, 4.69) is 24.9 Å². The fourth-order valence-corrected chi connectivity index (χ4v) is 1.22. The molecule has 1 rings (SSSR count). The molecule has 2 heteroatoms. The van der Waals surface area contributed by atoms with Crippen LogP contribution in [0.2, 0.25) is 0 Å². The molecule has 2 nitrogen and oxygen atoms in total. The van der Waals surface area contributed by atoms with E-state index in [0.29, 0.717) is 17.9 Å². The number of rotatable bonds is 5. The van der Waals surface area contributed by atoms with Crippen molar-refractivity contribution in [2.75, 3.05) is 6.54 Å². The molecule has 0 aromatic rings. The normalized spacial score (nSPS) is 21.0. The molecular formula is C10H16N2. The first-order valence-corrected chi connectivity index (χ1v) is 4.45. The summed E-state index contributed by atoms with van der Waals surface area (Å²) >= 11 is 0. The number of nitrogens with one attached hydrogen (secondary N) is 1. The standard InChI is InChI=1S/C10H16N2/c1-3-9(2)12-8-10(4-5-10)6-7-11/h3,9,12H,1,4-6,8H2,2H3. The lowest BCUT2D eigenvalue weighted by Gasteiger charge is -2.14. The average Bonchev–Trinajstić information content (AvgIpc) is 2.82. The maximum Gasteiger partial charge on any atom is 0.0628 e. The largest absolute Gasteiger partial charge is 0.310 e. The van der Waals surface area contributed by atoms with Gasteiger partial charge in [0.1, 0.15) is 0 Å². The molecule has 12 heavy (non-hydrogen) atoms. The molecule has 0 aromatic heterocycles. The minimum Gasteiger partial charge on any atom is -0.310 e. The molecule has 1 fully saturated rings. The zero-order valence-electron chi connectivity index (χ0n) is 7.64. The molecule has 1 N–H and O–H groups in total. The molecule has 1 unspecified atom stereocenters. The molecule has 1 saturated carbocycles. The zero-order chi connectivity index (χ0) is 9.03. The van der Waals surface area contributed by atoms with Crippen molar-refractivity contribution in [2.24, 2.45) is 5.41 Å². The van der Waals surface area contributed by atoms with Crippen LogP contribution < -0.4 is 5.32 Å². The third-order valence-corrected chi connectivity index (χ3v) is 2.56. The minimum absolute atomic E-state index is 0.312. The van der Waals surface area contributed by atoms with Gasteiger partial charge < -0.3 is 5.32 Å². The maximum atomic E-state index is 8.57. The summed E-state index contributed by atoms with van der Waals surface area (Å²) in [6.07, 6.45) is 5.00. The van der Waals surface area contributed by atoms with Crippen LogP contribution in [0.15, 0.2) is 12.7 Å². The lowest BCUT2D eigenvalue weighted by molar-refractivity contribution is 0.452. The van der Waals surface area contributed by atoms with Crippen molar-refractivity contribution in [1.29, 1.82) is 5.26 Å². The molecular weight excluding hydrogens is 148 g/mol. The third kappa shape index (κ3) is 2.35.